The Morgan fingerprint density at radius 1 is 1.12 bits per heavy atom. The van der Waals surface area contributed by atoms with Crippen LogP contribution in [0.4, 0.5) is 0 Å². The summed E-state index contributed by atoms with van der Waals surface area (Å²) in [5, 5.41) is 16.6. The van der Waals surface area contributed by atoms with Crippen LogP contribution in [0.15, 0.2) is 24.3 Å². The summed E-state index contributed by atoms with van der Waals surface area (Å²) in [6.45, 7) is 5.96. The number of rotatable bonds is 5. The highest BCUT2D eigenvalue weighted by Crippen LogP contribution is 2.33. The monoisotopic (exact) mass is 355 g/mol. The maximum atomic E-state index is 12.7. The summed E-state index contributed by atoms with van der Waals surface area (Å²) >= 11 is 0. The lowest BCUT2D eigenvalue weighted by Crippen LogP contribution is -2.48. The van der Waals surface area contributed by atoms with Crippen molar-refractivity contribution in [2.24, 2.45) is 0 Å². The van der Waals surface area contributed by atoms with Gasteiger partial charge in [0.05, 0.1) is 17.6 Å². The molecule has 0 atom stereocenters. The Balaban J connectivity index is 1.86. The van der Waals surface area contributed by atoms with E-state index in [1.807, 2.05) is 32.9 Å². The smallest absolute Gasteiger partial charge is 0.305 e. The summed E-state index contributed by atoms with van der Waals surface area (Å²) in [5.41, 5.74) is 3.71. The summed E-state index contributed by atoms with van der Waals surface area (Å²) in [6.07, 6.45) is 3.21. The van der Waals surface area contributed by atoms with Crippen LogP contribution in [0.3, 0.4) is 0 Å². The fraction of sp³-hybridized carbons (Fsp3) is 0.450. The maximum absolute atomic E-state index is 12.7. The molecule has 1 fully saturated rings. The molecular weight excluding hydrogens is 330 g/mol. The summed E-state index contributed by atoms with van der Waals surface area (Å²) in [7, 11) is 0. The maximum Gasteiger partial charge on any atom is 0.305 e. The molecule has 1 aromatic heterocycles. The van der Waals surface area contributed by atoms with Gasteiger partial charge in [-0.15, -0.1) is 0 Å². The van der Waals surface area contributed by atoms with Gasteiger partial charge < -0.3 is 10.4 Å². The first-order chi connectivity index (χ1) is 12.3. The average molecular weight is 355 g/mol. The zero-order valence-corrected chi connectivity index (χ0v) is 15.5. The van der Waals surface area contributed by atoms with Crippen LogP contribution in [-0.4, -0.2) is 32.3 Å². The highest BCUT2D eigenvalue weighted by molar-refractivity contribution is 5.93. The van der Waals surface area contributed by atoms with Gasteiger partial charge in [0.15, 0.2) is 5.69 Å². The molecule has 0 unspecified atom stereocenters. The van der Waals surface area contributed by atoms with Gasteiger partial charge in [-0.1, -0.05) is 18.9 Å². The Labute approximate surface area is 153 Å². The number of carbonyl (C=O) groups is 2. The molecule has 6 nitrogen and oxygen atoms in total. The van der Waals surface area contributed by atoms with E-state index in [4.69, 9.17) is 0 Å². The first-order valence-electron chi connectivity index (χ1n) is 8.98. The van der Waals surface area contributed by atoms with Crippen LogP contribution in [0.2, 0.25) is 0 Å². The molecule has 1 saturated carbocycles. The molecule has 26 heavy (non-hydrogen) atoms. The minimum Gasteiger partial charge on any atom is -0.481 e. The molecule has 0 spiro atoms. The molecule has 138 valence electrons. The summed E-state index contributed by atoms with van der Waals surface area (Å²) < 4.78 is 1.76. The third-order valence-corrected chi connectivity index (χ3v) is 5.00. The zero-order chi connectivity index (χ0) is 18.9. The van der Waals surface area contributed by atoms with Gasteiger partial charge in [-0.3, -0.25) is 9.59 Å². The third-order valence-electron chi connectivity index (χ3n) is 5.00. The van der Waals surface area contributed by atoms with Crippen molar-refractivity contribution >= 4 is 11.9 Å². The third kappa shape index (κ3) is 3.79. The van der Waals surface area contributed by atoms with Crippen LogP contribution in [-0.2, 0) is 4.79 Å². The van der Waals surface area contributed by atoms with E-state index >= 15 is 0 Å². The van der Waals surface area contributed by atoms with Gasteiger partial charge in [0, 0.05) is 5.69 Å². The van der Waals surface area contributed by atoms with E-state index in [2.05, 4.69) is 16.5 Å². The van der Waals surface area contributed by atoms with Gasteiger partial charge in [-0.05, 0) is 62.9 Å². The lowest BCUT2D eigenvalue weighted by Gasteiger charge is -2.28. The molecule has 0 radical (unpaired) electrons. The number of aromatic nitrogens is 2. The normalized spacial score (nSPS) is 15.8. The minimum atomic E-state index is -0.885. The van der Waals surface area contributed by atoms with Gasteiger partial charge in [0.1, 0.15) is 0 Å². The molecule has 3 rings (SSSR count). The van der Waals surface area contributed by atoms with Crippen molar-refractivity contribution in [3.63, 3.8) is 0 Å². The predicted molar refractivity (Wildman–Crippen MR) is 98.7 cm³/mol. The molecule has 6 heteroatoms. The number of carbonyl (C=O) groups excluding carboxylic acids is 1. The molecule has 0 bridgehead atoms. The molecular formula is C20H25N3O3. The van der Waals surface area contributed by atoms with Crippen LogP contribution >= 0.6 is 0 Å². The van der Waals surface area contributed by atoms with E-state index in [-0.39, 0.29) is 12.3 Å². The Kier molecular flexibility index (Phi) is 4.85. The molecule has 0 saturated heterocycles. The molecule has 1 aliphatic carbocycles. The number of hydrogen-bond acceptors (Lipinski definition) is 3. The quantitative estimate of drug-likeness (QED) is 0.862. The SMILES string of the molecule is Cc1cc(C)cc(-n2nc(C(=O)NC3(CC(=O)O)CCCC3)cc2C)c1. The topological polar surface area (TPSA) is 84.2 Å². The van der Waals surface area contributed by atoms with Crippen LogP contribution in [0.25, 0.3) is 5.69 Å². The van der Waals surface area contributed by atoms with Crippen molar-refractivity contribution in [2.75, 3.05) is 0 Å². The molecule has 2 N–H and O–H groups in total. The van der Waals surface area contributed by atoms with Crippen LogP contribution < -0.4 is 5.32 Å². The van der Waals surface area contributed by atoms with Crippen molar-refractivity contribution in [1.29, 1.82) is 0 Å². The highest BCUT2D eigenvalue weighted by Gasteiger charge is 2.38. The van der Waals surface area contributed by atoms with Gasteiger partial charge in [-0.2, -0.15) is 5.10 Å². The largest absolute Gasteiger partial charge is 0.481 e. The van der Waals surface area contributed by atoms with Crippen molar-refractivity contribution in [3.8, 4) is 5.69 Å². The number of nitrogens with one attached hydrogen (secondary N) is 1. The second-order valence-electron chi connectivity index (χ2n) is 7.44. The summed E-state index contributed by atoms with van der Waals surface area (Å²) in [6, 6.07) is 7.89. The number of benzene rings is 1. The second-order valence-corrected chi connectivity index (χ2v) is 7.44. The predicted octanol–water partition coefficient (Wildman–Crippen LogP) is 3.31. The first-order valence-corrected chi connectivity index (χ1v) is 8.98. The average Bonchev–Trinajstić information content (AvgIpc) is 3.12. The fourth-order valence-corrected chi connectivity index (χ4v) is 3.91. The number of carboxylic acids is 1. The van der Waals surface area contributed by atoms with Crippen LogP contribution in [0.5, 0.6) is 0 Å². The molecule has 1 aliphatic rings. The van der Waals surface area contributed by atoms with E-state index in [0.29, 0.717) is 18.5 Å². The standard InChI is InChI=1S/C20H25N3O3/c1-13-8-14(2)10-16(9-13)23-15(3)11-17(22-23)19(26)21-20(12-18(24)25)6-4-5-7-20/h8-11H,4-7,12H2,1-3H3,(H,21,26)(H,24,25). The lowest BCUT2D eigenvalue weighted by atomic mass is 9.93. The minimum absolute atomic E-state index is 0.0461. The van der Waals surface area contributed by atoms with Gasteiger partial charge >= 0.3 is 5.97 Å². The van der Waals surface area contributed by atoms with Crippen molar-refractivity contribution < 1.29 is 14.7 Å². The van der Waals surface area contributed by atoms with Gasteiger partial charge in [-0.25, -0.2) is 4.68 Å². The number of amides is 1. The summed E-state index contributed by atoms with van der Waals surface area (Å²) in [5.74, 6) is -1.19. The first kappa shape index (κ1) is 18.2. The number of aryl methyl sites for hydroxylation is 3. The van der Waals surface area contributed by atoms with Crippen molar-refractivity contribution in [2.45, 2.75) is 58.4 Å². The van der Waals surface area contributed by atoms with Crippen LogP contribution in [0, 0.1) is 20.8 Å². The number of nitrogens with zero attached hydrogens (tertiary/aromatic N) is 2. The Morgan fingerprint density at radius 3 is 2.31 bits per heavy atom. The Hall–Kier alpha value is -2.63. The Morgan fingerprint density at radius 2 is 1.73 bits per heavy atom. The van der Waals surface area contributed by atoms with E-state index in [9.17, 15) is 14.7 Å². The Bertz CT molecular complexity index is 828. The van der Waals surface area contributed by atoms with Crippen molar-refractivity contribution in [3.05, 3.63) is 46.8 Å². The van der Waals surface area contributed by atoms with E-state index < -0.39 is 11.5 Å². The van der Waals surface area contributed by atoms with Crippen molar-refractivity contribution in [1.82, 2.24) is 15.1 Å². The van der Waals surface area contributed by atoms with E-state index in [1.54, 1.807) is 10.7 Å². The molecule has 1 amide bonds. The van der Waals surface area contributed by atoms with E-state index in [1.165, 1.54) is 0 Å². The molecule has 0 aliphatic heterocycles. The fourth-order valence-electron chi connectivity index (χ4n) is 3.91. The molecule has 1 aromatic carbocycles. The van der Waals surface area contributed by atoms with E-state index in [0.717, 1.165) is 35.3 Å². The summed E-state index contributed by atoms with van der Waals surface area (Å²) in [4.78, 5) is 24.0. The van der Waals surface area contributed by atoms with Gasteiger partial charge in [0.25, 0.3) is 5.91 Å². The highest BCUT2D eigenvalue weighted by atomic mass is 16.4. The van der Waals surface area contributed by atoms with Gasteiger partial charge in [0.2, 0.25) is 0 Å². The lowest BCUT2D eigenvalue weighted by molar-refractivity contribution is -0.138. The van der Waals surface area contributed by atoms with Crippen LogP contribution in [0.1, 0.15) is 59.4 Å². The zero-order valence-electron chi connectivity index (χ0n) is 15.5. The number of aliphatic carboxylic acids is 1. The second kappa shape index (κ2) is 6.94. The molecule has 1 heterocycles. The number of carboxylic acid groups (broad SMARTS) is 1. The number of hydrogen-bond donors (Lipinski definition) is 2. The molecule has 2 aromatic rings.